The Hall–Kier alpha value is -2.39. The predicted molar refractivity (Wildman–Crippen MR) is 131 cm³/mol. The molecule has 1 heterocycles. The summed E-state index contributed by atoms with van der Waals surface area (Å²) in [5.74, 6) is -1.60. The van der Waals surface area contributed by atoms with Crippen LogP contribution in [0.25, 0.3) is 0 Å². The number of ketones is 2. The molecule has 0 radical (unpaired) electrons. The van der Waals surface area contributed by atoms with Crippen LogP contribution in [0.15, 0.2) is 12.2 Å². The molecule has 0 saturated heterocycles. The van der Waals surface area contributed by atoms with Gasteiger partial charge >= 0.3 is 0 Å². The van der Waals surface area contributed by atoms with Crippen LogP contribution in [0.1, 0.15) is 67.2 Å². The molecule has 0 spiro atoms. The maximum Gasteiger partial charge on any atom is 0.253 e. The molecule has 1 N–H and O–H groups in total. The lowest BCUT2D eigenvalue weighted by Crippen LogP contribution is -2.43. The second-order valence-electron chi connectivity index (χ2n) is 10.5. The van der Waals surface area contributed by atoms with Gasteiger partial charge in [-0.05, 0) is 24.7 Å². The molecule has 0 unspecified atom stereocenters. The molecule has 1 aliphatic heterocycles. The van der Waals surface area contributed by atoms with E-state index in [4.69, 9.17) is 9.47 Å². The third-order valence-corrected chi connectivity index (χ3v) is 5.81. The van der Waals surface area contributed by atoms with Crippen LogP contribution in [0, 0.1) is 17.3 Å². The molecule has 0 bridgehead atoms. The van der Waals surface area contributed by atoms with E-state index in [1.807, 2.05) is 13.8 Å². The zero-order chi connectivity index (χ0) is 26.6. The summed E-state index contributed by atoms with van der Waals surface area (Å²) in [5, 5.41) is 2.79. The van der Waals surface area contributed by atoms with E-state index >= 15 is 0 Å². The van der Waals surface area contributed by atoms with Gasteiger partial charge in [0.25, 0.3) is 11.8 Å². The van der Waals surface area contributed by atoms with Crippen LogP contribution in [0.4, 0.5) is 0 Å². The Bertz CT molecular complexity index is 765. The number of carbonyl (C=O) groups excluding carboxylic acids is 5. The molecule has 0 aliphatic carbocycles. The number of nitrogens with one attached hydrogen (secondary N) is 1. The van der Waals surface area contributed by atoms with Crippen molar-refractivity contribution in [3.05, 3.63) is 12.2 Å². The van der Waals surface area contributed by atoms with Crippen LogP contribution in [0.3, 0.4) is 0 Å². The first-order valence-corrected chi connectivity index (χ1v) is 12.4. The number of ether oxygens (including phenoxy) is 2. The van der Waals surface area contributed by atoms with Crippen molar-refractivity contribution in [3.63, 3.8) is 0 Å². The highest BCUT2D eigenvalue weighted by Gasteiger charge is 2.28. The molecular weight excluding hydrogens is 452 g/mol. The van der Waals surface area contributed by atoms with E-state index in [1.54, 1.807) is 6.92 Å². The Morgan fingerprint density at radius 3 is 2.03 bits per heavy atom. The highest BCUT2D eigenvalue weighted by Crippen LogP contribution is 2.21. The number of amides is 3. The molecule has 35 heavy (non-hydrogen) atoms. The van der Waals surface area contributed by atoms with E-state index in [-0.39, 0.29) is 86.4 Å². The number of hydrogen-bond acceptors (Lipinski definition) is 7. The highest BCUT2D eigenvalue weighted by atomic mass is 16.5. The van der Waals surface area contributed by atoms with Gasteiger partial charge in [0.15, 0.2) is 5.78 Å². The molecule has 9 nitrogen and oxygen atoms in total. The average molecular weight is 495 g/mol. The Labute approximate surface area is 209 Å². The number of carbonyl (C=O) groups is 5. The molecule has 9 heteroatoms. The van der Waals surface area contributed by atoms with Crippen LogP contribution in [-0.4, -0.2) is 73.2 Å². The van der Waals surface area contributed by atoms with Gasteiger partial charge in [-0.3, -0.25) is 28.9 Å². The molecule has 1 rings (SSSR count). The summed E-state index contributed by atoms with van der Waals surface area (Å²) < 4.78 is 10.8. The topological polar surface area (TPSA) is 119 Å². The molecule has 0 fully saturated rings. The van der Waals surface area contributed by atoms with Crippen molar-refractivity contribution in [1.29, 1.82) is 0 Å². The minimum atomic E-state index is -0.581. The van der Waals surface area contributed by atoms with Crippen LogP contribution in [0.2, 0.25) is 0 Å². The van der Waals surface area contributed by atoms with Gasteiger partial charge in [0.2, 0.25) is 5.91 Å². The SMILES string of the molecule is CC(C)[C@H](CC(=O)CCOCCOCCN1C(=O)C=CC1=O)C(=O)N[C@@H](C)C(=O)CCC(C)(C)C. The van der Waals surface area contributed by atoms with E-state index in [1.165, 1.54) is 12.2 Å². The lowest BCUT2D eigenvalue weighted by atomic mass is 9.87. The number of Topliss-reactive ketones (excluding diaryl/α,β-unsaturated/α-hetero) is 2. The van der Waals surface area contributed by atoms with Gasteiger partial charge in [-0.25, -0.2) is 0 Å². The smallest absolute Gasteiger partial charge is 0.253 e. The van der Waals surface area contributed by atoms with Crippen molar-refractivity contribution in [3.8, 4) is 0 Å². The second-order valence-corrected chi connectivity index (χ2v) is 10.5. The van der Waals surface area contributed by atoms with E-state index in [0.29, 0.717) is 6.42 Å². The van der Waals surface area contributed by atoms with Crippen LogP contribution in [0.5, 0.6) is 0 Å². The highest BCUT2D eigenvalue weighted by molar-refractivity contribution is 6.12. The van der Waals surface area contributed by atoms with Crippen LogP contribution in [-0.2, 0) is 33.4 Å². The van der Waals surface area contributed by atoms with E-state index in [2.05, 4.69) is 26.1 Å². The van der Waals surface area contributed by atoms with Gasteiger partial charge < -0.3 is 14.8 Å². The monoisotopic (exact) mass is 494 g/mol. The fourth-order valence-electron chi connectivity index (χ4n) is 3.41. The second kappa shape index (κ2) is 14.9. The lowest BCUT2D eigenvalue weighted by Gasteiger charge is -2.23. The molecule has 1 aliphatic rings. The number of rotatable bonds is 17. The van der Waals surface area contributed by atoms with Gasteiger partial charge in [-0.2, -0.15) is 0 Å². The van der Waals surface area contributed by atoms with E-state index in [0.717, 1.165) is 11.3 Å². The van der Waals surface area contributed by atoms with Crippen molar-refractivity contribution >= 4 is 29.3 Å². The summed E-state index contributed by atoms with van der Waals surface area (Å²) >= 11 is 0. The zero-order valence-corrected chi connectivity index (χ0v) is 22.1. The average Bonchev–Trinajstić information content (AvgIpc) is 3.08. The Kier molecular flexibility index (Phi) is 13.0. The van der Waals surface area contributed by atoms with Gasteiger partial charge in [0.1, 0.15) is 5.78 Å². The molecule has 0 aromatic heterocycles. The Morgan fingerprint density at radius 2 is 1.49 bits per heavy atom. The largest absolute Gasteiger partial charge is 0.379 e. The van der Waals surface area contributed by atoms with Crippen molar-refractivity contribution in [2.24, 2.45) is 17.3 Å². The summed E-state index contributed by atoms with van der Waals surface area (Å²) in [4.78, 5) is 61.4. The lowest BCUT2D eigenvalue weighted by molar-refractivity contribution is -0.137. The molecule has 0 saturated carbocycles. The Balaban J connectivity index is 2.26. The zero-order valence-electron chi connectivity index (χ0n) is 22.1. The van der Waals surface area contributed by atoms with Crippen molar-refractivity contribution in [2.75, 3.05) is 33.0 Å². The number of hydrogen-bond donors (Lipinski definition) is 1. The molecule has 0 aromatic carbocycles. The fraction of sp³-hybridized carbons (Fsp3) is 0.731. The van der Waals surface area contributed by atoms with Gasteiger partial charge in [0, 0.05) is 37.3 Å². The van der Waals surface area contributed by atoms with Crippen molar-refractivity contribution in [1.82, 2.24) is 10.2 Å². The normalized spacial score (nSPS) is 15.6. The van der Waals surface area contributed by atoms with Crippen molar-refractivity contribution in [2.45, 2.75) is 73.3 Å². The summed E-state index contributed by atoms with van der Waals surface area (Å²) in [6.07, 6.45) is 3.88. The molecule has 0 aromatic rings. The van der Waals surface area contributed by atoms with Gasteiger partial charge in [-0.15, -0.1) is 0 Å². The van der Waals surface area contributed by atoms with Crippen LogP contribution < -0.4 is 5.32 Å². The first kappa shape index (κ1) is 30.6. The van der Waals surface area contributed by atoms with Gasteiger partial charge in [0.05, 0.1) is 39.0 Å². The minimum absolute atomic E-state index is 0.00646. The predicted octanol–water partition coefficient (Wildman–Crippen LogP) is 2.47. The first-order chi connectivity index (χ1) is 16.3. The van der Waals surface area contributed by atoms with Gasteiger partial charge in [-0.1, -0.05) is 34.6 Å². The summed E-state index contributed by atoms with van der Waals surface area (Å²) in [6.45, 7) is 12.8. The molecular formula is C26H42N2O7. The third kappa shape index (κ3) is 12.2. The molecule has 198 valence electrons. The van der Waals surface area contributed by atoms with Crippen molar-refractivity contribution < 1.29 is 33.4 Å². The van der Waals surface area contributed by atoms with E-state index in [9.17, 15) is 24.0 Å². The quantitative estimate of drug-likeness (QED) is 0.244. The van der Waals surface area contributed by atoms with Crippen LogP contribution >= 0.6 is 0 Å². The standard InChI is InChI=1S/C26H42N2O7/c1-18(2)21(25(33)27-19(3)22(30)9-11-26(4,5)6)17-20(29)10-13-34-15-16-35-14-12-28-23(31)7-8-24(28)32/h7-8,18-19,21H,9-17H2,1-6H3,(H,27,33)/t19-,21-/m0/s1. The summed E-state index contributed by atoms with van der Waals surface area (Å²) in [5.41, 5.74) is 0.0483. The first-order valence-electron chi connectivity index (χ1n) is 12.4. The maximum absolute atomic E-state index is 12.7. The number of nitrogens with zero attached hydrogens (tertiary/aromatic N) is 1. The summed E-state index contributed by atoms with van der Waals surface area (Å²) in [6, 6.07) is -0.581. The maximum atomic E-state index is 12.7. The summed E-state index contributed by atoms with van der Waals surface area (Å²) in [7, 11) is 0. The fourth-order valence-corrected chi connectivity index (χ4v) is 3.41. The minimum Gasteiger partial charge on any atom is -0.379 e. The number of imide groups is 1. The Morgan fingerprint density at radius 1 is 0.914 bits per heavy atom. The molecule has 2 atom stereocenters. The molecule has 3 amide bonds. The van der Waals surface area contributed by atoms with E-state index < -0.39 is 12.0 Å². The third-order valence-electron chi connectivity index (χ3n) is 5.81.